The van der Waals surface area contributed by atoms with Gasteiger partial charge in [0, 0.05) is 12.2 Å². The van der Waals surface area contributed by atoms with Crippen LogP contribution in [0.4, 0.5) is 23.7 Å². The number of rotatable bonds is 2. The van der Waals surface area contributed by atoms with Crippen molar-refractivity contribution in [2.24, 2.45) is 11.8 Å². The number of anilines is 1. The number of halogens is 3. The van der Waals surface area contributed by atoms with Crippen LogP contribution in [0, 0.1) is 11.8 Å². The third-order valence-corrected chi connectivity index (χ3v) is 6.92. The summed E-state index contributed by atoms with van der Waals surface area (Å²) in [4.78, 5) is 29.2. The third-order valence-electron chi connectivity index (χ3n) is 6.92. The molecule has 5 nitrogen and oxygen atoms in total. The van der Waals surface area contributed by atoms with Gasteiger partial charge in [-0.3, -0.25) is 4.79 Å². The molecule has 1 spiro atoms. The van der Waals surface area contributed by atoms with Crippen molar-refractivity contribution in [1.29, 1.82) is 0 Å². The molecule has 2 aliphatic heterocycles. The first-order valence-electron chi connectivity index (χ1n) is 10.2. The van der Waals surface area contributed by atoms with Crippen LogP contribution in [0.25, 0.3) is 0 Å². The third kappa shape index (κ3) is 3.16. The number of imide groups is 1. The molecular weight excluding hydrogens is 383 g/mol. The number of nitrogens with one attached hydrogen (secondary N) is 1. The number of aryl methyl sites for hydroxylation is 1. The number of fused-ring (bicyclic) bond motifs is 1. The number of urea groups is 1. The van der Waals surface area contributed by atoms with Gasteiger partial charge in [0.05, 0.1) is 5.56 Å². The second-order valence-electron chi connectivity index (χ2n) is 8.62. The van der Waals surface area contributed by atoms with Gasteiger partial charge in [-0.1, -0.05) is 20.3 Å². The SMILES string of the molecule is C[C@@H]1CCC[C@H](C)C12NC(=O)N(CN1CCCc3cc(C(F)(F)F)ccc31)C2=O. The minimum atomic E-state index is -4.39. The van der Waals surface area contributed by atoms with E-state index in [1.165, 1.54) is 17.0 Å². The Hall–Kier alpha value is -2.25. The van der Waals surface area contributed by atoms with E-state index in [9.17, 15) is 22.8 Å². The zero-order chi connectivity index (χ0) is 21.0. The van der Waals surface area contributed by atoms with Gasteiger partial charge < -0.3 is 10.2 Å². The first-order chi connectivity index (χ1) is 13.6. The lowest BCUT2D eigenvalue weighted by Crippen LogP contribution is -2.59. The highest BCUT2D eigenvalue weighted by molar-refractivity contribution is 6.07. The Labute approximate surface area is 168 Å². The van der Waals surface area contributed by atoms with E-state index in [4.69, 9.17) is 0 Å². The van der Waals surface area contributed by atoms with E-state index in [0.717, 1.165) is 25.3 Å². The highest BCUT2D eigenvalue weighted by atomic mass is 19.4. The minimum Gasteiger partial charge on any atom is -0.353 e. The van der Waals surface area contributed by atoms with Gasteiger partial charge in [0.25, 0.3) is 5.91 Å². The topological polar surface area (TPSA) is 52.7 Å². The van der Waals surface area contributed by atoms with E-state index in [-0.39, 0.29) is 24.4 Å². The molecule has 158 valence electrons. The lowest BCUT2D eigenvalue weighted by Gasteiger charge is -2.42. The Morgan fingerprint density at radius 3 is 2.48 bits per heavy atom. The molecule has 3 amide bonds. The summed E-state index contributed by atoms with van der Waals surface area (Å²) < 4.78 is 39.1. The number of hydrogen-bond donors (Lipinski definition) is 1. The zero-order valence-electron chi connectivity index (χ0n) is 16.7. The van der Waals surface area contributed by atoms with E-state index in [0.29, 0.717) is 30.6 Å². The van der Waals surface area contributed by atoms with Crippen molar-refractivity contribution in [1.82, 2.24) is 10.2 Å². The van der Waals surface area contributed by atoms with Gasteiger partial charge in [-0.15, -0.1) is 0 Å². The van der Waals surface area contributed by atoms with Gasteiger partial charge in [0.2, 0.25) is 0 Å². The largest absolute Gasteiger partial charge is 0.416 e. The molecule has 1 aromatic rings. The van der Waals surface area contributed by atoms with Gasteiger partial charge >= 0.3 is 12.2 Å². The van der Waals surface area contributed by atoms with Crippen LogP contribution < -0.4 is 10.2 Å². The van der Waals surface area contributed by atoms with Gasteiger partial charge in [0.15, 0.2) is 0 Å². The summed E-state index contributed by atoms with van der Waals surface area (Å²) in [6.07, 6.45) is -0.353. The smallest absolute Gasteiger partial charge is 0.353 e. The van der Waals surface area contributed by atoms with Crippen LogP contribution in [0.5, 0.6) is 0 Å². The number of carbonyl (C=O) groups is 2. The lowest BCUT2D eigenvalue weighted by atomic mass is 9.67. The molecule has 1 unspecified atom stereocenters. The molecule has 0 aromatic heterocycles. The van der Waals surface area contributed by atoms with Crippen molar-refractivity contribution < 1.29 is 22.8 Å². The number of benzene rings is 1. The van der Waals surface area contributed by atoms with Gasteiger partial charge in [0.1, 0.15) is 12.2 Å². The number of carbonyl (C=O) groups excluding carboxylic acids is 2. The summed E-state index contributed by atoms with van der Waals surface area (Å²) in [7, 11) is 0. The molecule has 1 N–H and O–H groups in total. The lowest BCUT2D eigenvalue weighted by molar-refractivity contribution is -0.138. The van der Waals surface area contributed by atoms with Crippen molar-refractivity contribution in [3.63, 3.8) is 0 Å². The Bertz CT molecular complexity index is 829. The minimum absolute atomic E-state index is 0.0516. The van der Waals surface area contributed by atoms with Gasteiger partial charge in [-0.05, 0) is 61.3 Å². The number of hydrogen-bond acceptors (Lipinski definition) is 3. The second kappa shape index (κ2) is 6.92. The molecule has 1 saturated heterocycles. The molecule has 29 heavy (non-hydrogen) atoms. The summed E-state index contributed by atoms with van der Waals surface area (Å²) >= 11 is 0. The number of nitrogens with zero attached hydrogens (tertiary/aromatic N) is 2. The van der Waals surface area contributed by atoms with Crippen LogP contribution in [-0.2, 0) is 17.4 Å². The van der Waals surface area contributed by atoms with Crippen molar-refractivity contribution in [3.8, 4) is 0 Å². The monoisotopic (exact) mass is 409 g/mol. The fourth-order valence-electron chi connectivity index (χ4n) is 5.25. The Morgan fingerprint density at radius 2 is 1.83 bits per heavy atom. The molecule has 1 saturated carbocycles. The Balaban J connectivity index is 1.59. The summed E-state index contributed by atoms with van der Waals surface area (Å²) in [6, 6.07) is 3.29. The Morgan fingerprint density at radius 1 is 1.14 bits per heavy atom. The zero-order valence-corrected chi connectivity index (χ0v) is 16.7. The predicted molar refractivity (Wildman–Crippen MR) is 102 cm³/mol. The van der Waals surface area contributed by atoms with E-state index in [1.54, 1.807) is 0 Å². The van der Waals surface area contributed by atoms with Crippen LogP contribution in [0.2, 0.25) is 0 Å². The van der Waals surface area contributed by atoms with Crippen molar-refractivity contribution in [3.05, 3.63) is 29.3 Å². The highest BCUT2D eigenvalue weighted by Crippen LogP contribution is 2.42. The molecule has 3 atom stereocenters. The molecule has 0 radical (unpaired) electrons. The molecule has 1 aliphatic carbocycles. The second-order valence-corrected chi connectivity index (χ2v) is 8.62. The van der Waals surface area contributed by atoms with E-state index < -0.39 is 23.3 Å². The van der Waals surface area contributed by atoms with Crippen LogP contribution in [-0.4, -0.2) is 35.6 Å². The molecule has 3 aliphatic rings. The van der Waals surface area contributed by atoms with Crippen LogP contribution >= 0.6 is 0 Å². The standard InChI is InChI=1S/C21H26F3N3O2/c1-13-5-3-6-14(2)20(13)18(28)27(19(29)25-20)12-26-10-4-7-15-11-16(21(22,23)24)8-9-17(15)26/h8-9,11,13-14H,3-7,10,12H2,1-2H3,(H,25,29)/t13-,14+,20?. The van der Waals surface area contributed by atoms with Crippen molar-refractivity contribution in [2.75, 3.05) is 18.1 Å². The van der Waals surface area contributed by atoms with Gasteiger partial charge in [-0.2, -0.15) is 13.2 Å². The predicted octanol–water partition coefficient (Wildman–Crippen LogP) is 4.16. The quantitative estimate of drug-likeness (QED) is 0.747. The Kier molecular flexibility index (Phi) is 4.78. The highest BCUT2D eigenvalue weighted by Gasteiger charge is 2.58. The number of amides is 3. The molecular formula is C21H26F3N3O2. The molecule has 2 heterocycles. The fraction of sp³-hybridized carbons (Fsp3) is 0.619. The fourth-order valence-corrected chi connectivity index (χ4v) is 5.25. The first-order valence-corrected chi connectivity index (χ1v) is 10.2. The van der Waals surface area contributed by atoms with E-state index in [2.05, 4.69) is 5.32 Å². The van der Waals surface area contributed by atoms with Crippen molar-refractivity contribution >= 4 is 17.6 Å². The molecule has 8 heteroatoms. The average Bonchev–Trinajstić information content (AvgIpc) is 2.91. The van der Waals surface area contributed by atoms with Crippen LogP contribution in [0.15, 0.2) is 18.2 Å². The van der Waals surface area contributed by atoms with Crippen molar-refractivity contribution in [2.45, 2.75) is 57.7 Å². The van der Waals surface area contributed by atoms with E-state index >= 15 is 0 Å². The van der Waals surface area contributed by atoms with Crippen LogP contribution in [0.1, 0.15) is 50.7 Å². The summed E-state index contributed by atoms with van der Waals surface area (Å²) in [6.45, 7) is 4.66. The first kappa shape index (κ1) is 20.0. The molecule has 0 bridgehead atoms. The molecule has 2 fully saturated rings. The molecule has 1 aromatic carbocycles. The maximum atomic E-state index is 13.4. The summed E-state index contributed by atoms with van der Waals surface area (Å²) in [5.41, 5.74) is -0.270. The summed E-state index contributed by atoms with van der Waals surface area (Å²) in [5, 5.41) is 2.97. The average molecular weight is 409 g/mol. The van der Waals surface area contributed by atoms with Gasteiger partial charge in [-0.25, -0.2) is 9.69 Å². The number of alkyl halides is 3. The van der Waals surface area contributed by atoms with Crippen LogP contribution in [0.3, 0.4) is 0 Å². The maximum absolute atomic E-state index is 13.4. The normalized spacial score (nSPS) is 30.0. The summed E-state index contributed by atoms with van der Waals surface area (Å²) in [5.74, 6) is -0.104. The maximum Gasteiger partial charge on any atom is 0.416 e. The molecule has 4 rings (SSSR count). The van der Waals surface area contributed by atoms with E-state index in [1.807, 2.05) is 18.7 Å².